The summed E-state index contributed by atoms with van der Waals surface area (Å²) in [7, 11) is 0. The van der Waals surface area contributed by atoms with Crippen molar-refractivity contribution in [2.45, 2.75) is 46.6 Å². The molecule has 5 heteroatoms. The number of amides is 1. The smallest absolute Gasteiger partial charge is 0.251 e. The molecule has 2 aromatic carbocycles. The number of rotatable bonds is 3. The first-order valence-electron chi connectivity index (χ1n) is 9.53. The van der Waals surface area contributed by atoms with Crippen molar-refractivity contribution in [2.24, 2.45) is 5.41 Å². The van der Waals surface area contributed by atoms with Crippen LogP contribution in [0.3, 0.4) is 0 Å². The average Bonchev–Trinajstić information content (AvgIpc) is 2.93. The van der Waals surface area contributed by atoms with Crippen LogP contribution in [0.25, 0.3) is 31.5 Å². The van der Waals surface area contributed by atoms with Crippen molar-refractivity contribution in [2.75, 3.05) is 0 Å². The van der Waals surface area contributed by atoms with Gasteiger partial charge in [0.25, 0.3) is 5.91 Å². The number of thiophene rings is 1. The summed E-state index contributed by atoms with van der Waals surface area (Å²) in [6.07, 6.45) is 0.896. The minimum Gasteiger partial charge on any atom is -0.347 e. The number of fused-ring (bicyclic) bond motifs is 4. The molecule has 28 heavy (non-hydrogen) atoms. The second kappa shape index (κ2) is 6.52. The summed E-state index contributed by atoms with van der Waals surface area (Å²) in [6, 6.07) is 13.7. The van der Waals surface area contributed by atoms with E-state index in [4.69, 9.17) is 9.97 Å². The summed E-state index contributed by atoms with van der Waals surface area (Å²) >= 11 is 1.61. The Morgan fingerprint density at radius 3 is 2.36 bits per heavy atom. The Hall–Kier alpha value is -2.53. The Morgan fingerprint density at radius 2 is 1.68 bits per heavy atom. The van der Waals surface area contributed by atoms with E-state index < -0.39 is 0 Å². The molecular formula is C23H25N3OS. The van der Waals surface area contributed by atoms with Gasteiger partial charge in [-0.1, -0.05) is 32.9 Å². The van der Waals surface area contributed by atoms with Crippen molar-refractivity contribution in [3.8, 4) is 0 Å². The molecule has 0 radical (unpaired) electrons. The normalized spacial score (nSPS) is 12.8. The topological polar surface area (TPSA) is 54.9 Å². The lowest BCUT2D eigenvalue weighted by molar-refractivity contribution is 0.0891. The molecule has 4 rings (SSSR count). The van der Waals surface area contributed by atoms with Gasteiger partial charge in [0.05, 0.1) is 11.0 Å². The predicted molar refractivity (Wildman–Crippen MR) is 118 cm³/mol. The lowest BCUT2D eigenvalue weighted by atomic mass is 9.81. The summed E-state index contributed by atoms with van der Waals surface area (Å²) in [5.74, 6) is -0.0516. The van der Waals surface area contributed by atoms with Gasteiger partial charge in [-0.25, -0.2) is 9.97 Å². The van der Waals surface area contributed by atoms with E-state index >= 15 is 0 Å². The van der Waals surface area contributed by atoms with Crippen LogP contribution in [0.4, 0.5) is 0 Å². The van der Waals surface area contributed by atoms with Crippen molar-refractivity contribution in [1.29, 1.82) is 0 Å². The molecule has 2 heterocycles. The van der Waals surface area contributed by atoms with Crippen molar-refractivity contribution in [3.63, 3.8) is 0 Å². The third-order valence-electron chi connectivity index (χ3n) is 4.67. The fraction of sp³-hybridized carbons (Fsp3) is 0.348. The highest BCUT2D eigenvalue weighted by Gasteiger charge is 2.27. The molecule has 0 aliphatic carbocycles. The van der Waals surface area contributed by atoms with Crippen LogP contribution >= 0.6 is 11.3 Å². The number of hydrogen-bond acceptors (Lipinski definition) is 4. The van der Waals surface area contributed by atoms with Gasteiger partial charge in [-0.3, -0.25) is 4.79 Å². The zero-order chi connectivity index (χ0) is 20.1. The molecule has 0 saturated heterocycles. The van der Waals surface area contributed by atoms with Gasteiger partial charge >= 0.3 is 0 Å². The number of hydrogen-bond donors (Lipinski definition) is 1. The molecular weight excluding hydrogens is 366 g/mol. The molecule has 4 aromatic rings. The maximum absolute atomic E-state index is 12.9. The largest absolute Gasteiger partial charge is 0.347 e. The summed E-state index contributed by atoms with van der Waals surface area (Å²) < 4.78 is 1.09. The predicted octanol–water partition coefficient (Wildman–Crippen LogP) is 5.94. The molecule has 0 aliphatic heterocycles. The third-order valence-corrected chi connectivity index (χ3v) is 5.72. The number of carbonyl (C=O) groups excluding carboxylic acids is 1. The van der Waals surface area contributed by atoms with Crippen LogP contribution in [0.1, 0.15) is 51.4 Å². The fourth-order valence-corrected chi connectivity index (χ4v) is 5.04. The van der Waals surface area contributed by atoms with E-state index in [0.717, 1.165) is 37.9 Å². The van der Waals surface area contributed by atoms with Gasteiger partial charge in [-0.05, 0) is 56.0 Å². The second-order valence-corrected chi connectivity index (χ2v) is 10.3. The molecule has 0 spiro atoms. The molecule has 4 nitrogen and oxygen atoms in total. The molecule has 0 bridgehead atoms. The molecule has 0 atom stereocenters. The van der Waals surface area contributed by atoms with Gasteiger partial charge in [-0.2, -0.15) is 0 Å². The molecule has 0 unspecified atom stereocenters. The van der Waals surface area contributed by atoms with Crippen LogP contribution in [-0.4, -0.2) is 21.4 Å². The minimum atomic E-state index is -0.281. The van der Waals surface area contributed by atoms with E-state index in [9.17, 15) is 4.79 Å². The Kier molecular flexibility index (Phi) is 4.38. The minimum absolute atomic E-state index is 0.0516. The van der Waals surface area contributed by atoms with Crippen LogP contribution in [0.2, 0.25) is 0 Å². The van der Waals surface area contributed by atoms with Gasteiger partial charge in [0.15, 0.2) is 0 Å². The van der Waals surface area contributed by atoms with E-state index in [0.29, 0.717) is 5.56 Å². The van der Waals surface area contributed by atoms with Crippen molar-refractivity contribution in [1.82, 2.24) is 15.3 Å². The third kappa shape index (κ3) is 3.72. The van der Waals surface area contributed by atoms with Crippen molar-refractivity contribution in [3.05, 3.63) is 48.0 Å². The Labute approximate surface area is 169 Å². The number of nitrogens with zero attached hydrogens (tertiary/aromatic N) is 2. The zero-order valence-electron chi connectivity index (χ0n) is 17.0. The maximum atomic E-state index is 12.9. The summed E-state index contributed by atoms with van der Waals surface area (Å²) in [5.41, 5.74) is 3.14. The van der Waals surface area contributed by atoms with E-state index in [1.54, 1.807) is 11.3 Å². The number of para-hydroxylation sites is 2. The first kappa shape index (κ1) is 18.8. The lowest BCUT2D eigenvalue weighted by Gasteiger charge is -2.33. The fourth-order valence-electron chi connectivity index (χ4n) is 4.03. The maximum Gasteiger partial charge on any atom is 0.251 e. The van der Waals surface area contributed by atoms with E-state index in [2.05, 4.69) is 39.9 Å². The molecule has 144 valence electrons. The molecule has 1 N–H and O–H groups in total. The number of aromatic nitrogens is 2. The van der Waals surface area contributed by atoms with E-state index in [-0.39, 0.29) is 16.9 Å². The van der Waals surface area contributed by atoms with Crippen LogP contribution in [0.15, 0.2) is 42.5 Å². The van der Waals surface area contributed by atoms with E-state index in [1.807, 2.05) is 42.5 Å². The second-order valence-electron chi connectivity index (χ2n) is 9.25. The van der Waals surface area contributed by atoms with Crippen LogP contribution in [0, 0.1) is 5.41 Å². The van der Waals surface area contributed by atoms with E-state index in [1.165, 1.54) is 0 Å². The van der Waals surface area contributed by atoms with Crippen LogP contribution < -0.4 is 5.32 Å². The van der Waals surface area contributed by atoms with Gasteiger partial charge < -0.3 is 5.32 Å². The van der Waals surface area contributed by atoms with Crippen LogP contribution in [-0.2, 0) is 0 Å². The quantitative estimate of drug-likeness (QED) is 0.470. The molecule has 1 amide bonds. The first-order chi connectivity index (χ1) is 13.1. The first-order valence-corrected chi connectivity index (χ1v) is 10.3. The summed E-state index contributed by atoms with van der Waals surface area (Å²) in [5, 5.41) is 4.18. The molecule has 0 aliphatic rings. The molecule has 0 fully saturated rings. The highest BCUT2D eigenvalue weighted by atomic mass is 32.1. The Balaban J connectivity index is 1.73. The Bertz CT molecular complexity index is 1200. The van der Waals surface area contributed by atoms with Gasteiger partial charge in [-0.15, -0.1) is 11.3 Å². The number of nitrogens with one attached hydrogen (secondary N) is 1. The highest BCUT2D eigenvalue weighted by Crippen LogP contribution is 2.33. The van der Waals surface area contributed by atoms with Gasteiger partial charge in [0.2, 0.25) is 0 Å². The summed E-state index contributed by atoms with van der Waals surface area (Å²) in [4.78, 5) is 23.4. The molecule has 2 aromatic heterocycles. The zero-order valence-corrected chi connectivity index (χ0v) is 17.8. The monoisotopic (exact) mass is 391 g/mol. The average molecular weight is 392 g/mol. The van der Waals surface area contributed by atoms with Crippen molar-refractivity contribution >= 4 is 48.7 Å². The number of benzene rings is 2. The summed E-state index contributed by atoms with van der Waals surface area (Å²) in [6.45, 7) is 10.7. The van der Waals surface area contributed by atoms with Gasteiger partial charge in [0.1, 0.15) is 10.3 Å². The van der Waals surface area contributed by atoms with Gasteiger partial charge in [0, 0.05) is 21.2 Å². The van der Waals surface area contributed by atoms with Crippen LogP contribution in [0.5, 0.6) is 0 Å². The Morgan fingerprint density at radius 1 is 1.00 bits per heavy atom. The highest BCUT2D eigenvalue weighted by molar-refractivity contribution is 7.25. The number of carbonyl (C=O) groups is 1. The lowest BCUT2D eigenvalue weighted by Crippen LogP contribution is -2.45. The standard InChI is InChI=1S/C23H25N3OS/c1-22(2,3)13-23(4,5)26-20(27)14-10-11-18-15(12-14)19-21(28-18)25-17-9-7-6-8-16(17)24-19/h6-12H,13H2,1-5H3,(H,26,27). The SMILES string of the molecule is CC(C)(C)CC(C)(C)NC(=O)c1ccc2sc3nc4ccccc4nc3c2c1. The van der Waals surface area contributed by atoms with Crippen molar-refractivity contribution < 1.29 is 4.79 Å². The molecule has 0 saturated carbocycles.